The van der Waals surface area contributed by atoms with Gasteiger partial charge in [0.15, 0.2) is 0 Å². The van der Waals surface area contributed by atoms with E-state index in [4.69, 9.17) is 4.74 Å². The first-order valence-corrected chi connectivity index (χ1v) is 8.14. The molecule has 0 bridgehead atoms. The minimum Gasteiger partial charge on any atom is -0.444 e. The van der Waals surface area contributed by atoms with Gasteiger partial charge in [-0.15, -0.1) is 0 Å². The van der Waals surface area contributed by atoms with Gasteiger partial charge in [-0.05, 0) is 83.2 Å². The maximum atomic E-state index is 11.8. The molecule has 2 rings (SSSR count). The molecule has 2 N–H and O–H groups in total. The quantitative estimate of drug-likeness (QED) is 0.891. The van der Waals surface area contributed by atoms with Crippen LogP contribution in [0.3, 0.4) is 0 Å². The van der Waals surface area contributed by atoms with Crippen molar-refractivity contribution in [2.75, 3.05) is 18.4 Å². The fraction of sp³-hybridized carbons (Fsp3) is 0.611. The Labute approximate surface area is 133 Å². The van der Waals surface area contributed by atoms with E-state index in [1.165, 1.54) is 18.4 Å². The van der Waals surface area contributed by atoms with Crippen LogP contribution in [0.2, 0.25) is 0 Å². The number of anilines is 1. The molecule has 1 aliphatic rings. The molecule has 0 atom stereocenters. The van der Waals surface area contributed by atoms with E-state index in [2.05, 4.69) is 22.8 Å². The highest BCUT2D eigenvalue weighted by Crippen LogP contribution is 2.22. The molecule has 1 aromatic carbocycles. The molecule has 122 valence electrons. The molecule has 4 heteroatoms. The van der Waals surface area contributed by atoms with E-state index in [-0.39, 0.29) is 0 Å². The van der Waals surface area contributed by atoms with Crippen molar-refractivity contribution in [1.82, 2.24) is 5.32 Å². The summed E-state index contributed by atoms with van der Waals surface area (Å²) in [5.41, 5.74) is 2.77. The van der Waals surface area contributed by atoms with Crippen LogP contribution < -0.4 is 10.6 Å². The highest BCUT2D eigenvalue weighted by atomic mass is 16.6. The second-order valence-electron chi connectivity index (χ2n) is 7.17. The average Bonchev–Trinajstić information content (AvgIpc) is 2.41. The van der Waals surface area contributed by atoms with Crippen LogP contribution in [-0.4, -0.2) is 24.8 Å². The van der Waals surface area contributed by atoms with Gasteiger partial charge in [0.05, 0.1) is 0 Å². The zero-order valence-electron chi connectivity index (χ0n) is 14.2. The molecule has 22 heavy (non-hydrogen) atoms. The SMILES string of the molecule is Cc1cc(CC2CCNCC2)ccc1NC(=O)OC(C)(C)C. The third-order valence-corrected chi connectivity index (χ3v) is 3.91. The summed E-state index contributed by atoms with van der Waals surface area (Å²) in [5, 5.41) is 6.23. The lowest BCUT2D eigenvalue weighted by atomic mass is 9.90. The number of ether oxygens (including phenoxy) is 1. The second-order valence-corrected chi connectivity index (χ2v) is 7.17. The zero-order valence-corrected chi connectivity index (χ0v) is 14.2. The van der Waals surface area contributed by atoms with Crippen molar-refractivity contribution in [1.29, 1.82) is 0 Å². The van der Waals surface area contributed by atoms with Gasteiger partial charge in [0.1, 0.15) is 5.60 Å². The Balaban J connectivity index is 1.95. The number of benzene rings is 1. The van der Waals surface area contributed by atoms with E-state index in [0.29, 0.717) is 0 Å². The van der Waals surface area contributed by atoms with Crippen LogP contribution in [0.25, 0.3) is 0 Å². The summed E-state index contributed by atoms with van der Waals surface area (Å²) < 4.78 is 5.29. The molecule has 1 aromatic rings. The van der Waals surface area contributed by atoms with Crippen LogP contribution in [-0.2, 0) is 11.2 Å². The molecule has 1 aliphatic heterocycles. The summed E-state index contributed by atoms with van der Waals surface area (Å²) in [4.78, 5) is 11.8. The number of rotatable bonds is 3. The number of hydrogen-bond acceptors (Lipinski definition) is 3. The highest BCUT2D eigenvalue weighted by molar-refractivity contribution is 5.85. The van der Waals surface area contributed by atoms with Gasteiger partial charge in [0.25, 0.3) is 0 Å². The second kappa shape index (κ2) is 7.14. The lowest BCUT2D eigenvalue weighted by molar-refractivity contribution is 0.0636. The number of aryl methyl sites for hydroxylation is 1. The van der Waals surface area contributed by atoms with Crippen molar-refractivity contribution in [3.63, 3.8) is 0 Å². The smallest absolute Gasteiger partial charge is 0.412 e. The number of carbonyl (C=O) groups is 1. The molecule has 1 amide bonds. The van der Waals surface area contributed by atoms with Crippen LogP contribution in [0.1, 0.15) is 44.7 Å². The fourth-order valence-electron chi connectivity index (χ4n) is 2.83. The Morgan fingerprint density at radius 2 is 2.00 bits per heavy atom. The maximum absolute atomic E-state index is 11.8. The molecule has 0 saturated carbocycles. The number of hydrogen-bond donors (Lipinski definition) is 2. The molecule has 4 nitrogen and oxygen atoms in total. The molecule has 0 radical (unpaired) electrons. The van der Waals surface area contributed by atoms with E-state index in [0.717, 1.165) is 36.7 Å². The summed E-state index contributed by atoms with van der Waals surface area (Å²) in [6, 6.07) is 6.27. The predicted molar refractivity (Wildman–Crippen MR) is 90.3 cm³/mol. The van der Waals surface area contributed by atoms with Crippen LogP contribution in [0.5, 0.6) is 0 Å². The summed E-state index contributed by atoms with van der Waals surface area (Å²) in [5.74, 6) is 0.769. The van der Waals surface area contributed by atoms with Gasteiger partial charge in [-0.2, -0.15) is 0 Å². The fourth-order valence-corrected chi connectivity index (χ4v) is 2.83. The number of carbonyl (C=O) groups excluding carboxylic acids is 1. The van der Waals surface area contributed by atoms with Crippen molar-refractivity contribution in [2.45, 2.75) is 52.6 Å². The van der Waals surface area contributed by atoms with E-state index in [1.807, 2.05) is 33.8 Å². The predicted octanol–water partition coefficient (Wildman–Crippen LogP) is 3.88. The largest absolute Gasteiger partial charge is 0.444 e. The van der Waals surface area contributed by atoms with Gasteiger partial charge in [-0.1, -0.05) is 12.1 Å². The molecule has 0 aromatic heterocycles. The molecule has 1 heterocycles. The van der Waals surface area contributed by atoms with Gasteiger partial charge in [-0.25, -0.2) is 4.79 Å². The topological polar surface area (TPSA) is 50.4 Å². The zero-order chi connectivity index (χ0) is 16.2. The molecule has 0 spiro atoms. The highest BCUT2D eigenvalue weighted by Gasteiger charge is 2.17. The first kappa shape index (κ1) is 16.8. The van der Waals surface area contributed by atoms with Gasteiger partial charge in [-0.3, -0.25) is 5.32 Å². The van der Waals surface area contributed by atoms with Crippen LogP contribution in [0, 0.1) is 12.8 Å². The van der Waals surface area contributed by atoms with E-state index in [9.17, 15) is 4.79 Å². The Morgan fingerprint density at radius 3 is 2.59 bits per heavy atom. The molecule has 1 saturated heterocycles. The van der Waals surface area contributed by atoms with Crippen LogP contribution in [0.4, 0.5) is 10.5 Å². The first-order valence-electron chi connectivity index (χ1n) is 8.14. The standard InChI is InChI=1S/C18H28N2O2/c1-13-11-15(12-14-7-9-19-10-8-14)5-6-16(13)20-17(21)22-18(2,3)4/h5-6,11,14,19H,7-10,12H2,1-4H3,(H,20,21). The van der Waals surface area contributed by atoms with Crippen molar-refractivity contribution < 1.29 is 9.53 Å². The number of piperidine rings is 1. The van der Waals surface area contributed by atoms with Crippen molar-refractivity contribution >= 4 is 11.8 Å². The molecule has 1 fully saturated rings. The van der Waals surface area contributed by atoms with Gasteiger partial charge in [0, 0.05) is 5.69 Å². The Hall–Kier alpha value is -1.55. The maximum Gasteiger partial charge on any atom is 0.412 e. The summed E-state index contributed by atoms with van der Waals surface area (Å²) in [7, 11) is 0. The number of nitrogens with one attached hydrogen (secondary N) is 2. The van der Waals surface area contributed by atoms with Crippen LogP contribution in [0.15, 0.2) is 18.2 Å². The number of amides is 1. The third kappa shape index (κ3) is 5.34. The minimum absolute atomic E-state index is 0.401. The summed E-state index contributed by atoms with van der Waals surface area (Å²) >= 11 is 0. The van der Waals surface area contributed by atoms with E-state index < -0.39 is 11.7 Å². The van der Waals surface area contributed by atoms with Crippen molar-refractivity contribution in [3.05, 3.63) is 29.3 Å². The minimum atomic E-state index is -0.479. The molecular weight excluding hydrogens is 276 g/mol. The third-order valence-electron chi connectivity index (χ3n) is 3.91. The monoisotopic (exact) mass is 304 g/mol. The first-order chi connectivity index (χ1) is 10.3. The Kier molecular flexibility index (Phi) is 5.46. The summed E-state index contributed by atoms with van der Waals surface area (Å²) in [6.07, 6.45) is 3.21. The van der Waals surface area contributed by atoms with Crippen molar-refractivity contribution in [2.24, 2.45) is 5.92 Å². The summed E-state index contributed by atoms with van der Waals surface area (Å²) in [6.45, 7) is 9.87. The van der Waals surface area contributed by atoms with Gasteiger partial charge < -0.3 is 10.1 Å². The lowest BCUT2D eigenvalue weighted by Crippen LogP contribution is -2.28. The van der Waals surface area contributed by atoms with Crippen LogP contribution >= 0.6 is 0 Å². The van der Waals surface area contributed by atoms with E-state index >= 15 is 0 Å². The normalized spacial score (nSPS) is 16.4. The van der Waals surface area contributed by atoms with Gasteiger partial charge >= 0.3 is 6.09 Å². The average molecular weight is 304 g/mol. The van der Waals surface area contributed by atoms with E-state index in [1.54, 1.807) is 0 Å². The lowest BCUT2D eigenvalue weighted by Gasteiger charge is -2.23. The molecular formula is C18H28N2O2. The molecule has 0 unspecified atom stereocenters. The molecule has 0 aliphatic carbocycles. The van der Waals surface area contributed by atoms with Gasteiger partial charge in [0.2, 0.25) is 0 Å². The Bertz CT molecular complexity index is 514. The van der Waals surface area contributed by atoms with Crippen molar-refractivity contribution in [3.8, 4) is 0 Å². The Morgan fingerprint density at radius 1 is 1.32 bits per heavy atom.